The summed E-state index contributed by atoms with van der Waals surface area (Å²) in [6.07, 6.45) is 46.3. The highest BCUT2D eigenvalue weighted by molar-refractivity contribution is 5.76. The smallest absolute Gasteiger partial charge is 0.220 e. The molecule has 17 atom stereocenters. The van der Waals surface area contributed by atoms with E-state index in [0.717, 1.165) is 109 Å². The van der Waals surface area contributed by atoms with E-state index in [-0.39, 0.29) is 18.9 Å². The minimum absolute atomic E-state index is 0.251. The van der Waals surface area contributed by atoms with Crippen LogP contribution in [0.5, 0.6) is 0 Å². The van der Waals surface area contributed by atoms with Crippen molar-refractivity contribution >= 4 is 5.91 Å². The summed E-state index contributed by atoms with van der Waals surface area (Å²) in [5, 5.41) is 121. The van der Waals surface area contributed by atoms with Crippen molar-refractivity contribution in [1.29, 1.82) is 0 Å². The first-order chi connectivity index (χ1) is 45.8. The molecule has 3 aliphatic rings. The molecule has 542 valence electrons. The van der Waals surface area contributed by atoms with Crippen molar-refractivity contribution < 1.29 is 89.4 Å². The Kier molecular flexibility index (Phi) is 50.2. The van der Waals surface area contributed by atoms with Gasteiger partial charge < -0.3 is 89.9 Å². The largest absolute Gasteiger partial charge is 0.394 e. The van der Waals surface area contributed by atoms with E-state index in [1.54, 1.807) is 0 Å². The summed E-state index contributed by atoms with van der Waals surface area (Å²) in [5.41, 5.74) is 0. The van der Waals surface area contributed by atoms with Gasteiger partial charge in [-0.25, -0.2) is 0 Å². The van der Waals surface area contributed by atoms with E-state index in [1.807, 2.05) is 0 Å². The van der Waals surface area contributed by atoms with Crippen molar-refractivity contribution in [3.8, 4) is 0 Å². The van der Waals surface area contributed by atoms with Crippen LogP contribution in [0, 0.1) is 0 Å². The molecule has 12 N–H and O–H groups in total. The average molecular weight is 1330 g/mol. The van der Waals surface area contributed by atoms with Gasteiger partial charge in [-0.15, -0.1) is 0 Å². The number of allylic oxidation sites excluding steroid dienone is 16. The summed E-state index contributed by atoms with van der Waals surface area (Å²) in [6.45, 7) is 1.67. The first kappa shape index (κ1) is 84.9. The zero-order valence-electron chi connectivity index (χ0n) is 57.4. The molecule has 3 rings (SSSR count). The van der Waals surface area contributed by atoms with Crippen LogP contribution in [-0.4, -0.2) is 193 Å². The minimum Gasteiger partial charge on any atom is -0.394 e. The maximum atomic E-state index is 13.4. The molecule has 0 aromatic heterocycles. The Balaban J connectivity index is 1.36. The molecular formula is C75H129NO18. The summed E-state index contributed by atoms with van der Waals surface area (Å²) in [4.78, 5) is 13.4. The number of nitrogens with one attached hydrogen (secondary N) is 1. The van der Waals surface area contributed by atoms with Crippen molar-refractivity contribution in [2.24, 2.45) is 0 Å². The molecule has 3 fully saturated rings. The number of amides is 1. The monoisotopic (exact) mass is 1330 g/mol. The molecular weight excluding hydrogens is 1200 g/mol. The lowest BCUT2D eigenvalue weighted by Crippen LogP contribution is -2.66. The van der Waals surface area contributed by atoms with Crippen LogP contribution >= 0.6 is 0 Å². The van der Waals surface area contributed by atoms with Crippen molar-refractivity contribution in [2.45, 2.75) is 343 Å². The van der Waals surface area contributed by atoms with Gasteiger partial charge >= 0.3 is 0 Å². The van der Waals surface area contributed by atoms with Gasteiger partial charge in [-0.3, -0.25) is 4.79 Å². The van der Waals surface area contributed by atoms with Crippen molar-refractivity contribution in [1.82, 2.24) is 5.32 Å². The Hall–Kier alpha value is -3.29. The SMILES string of the molecule is CC/C=C\C/C=C\C/C=C\C/C=C\C/C=C\C/C=C\C/C=C\C/C=C\CCCCCCCCCCCCC(=O)NC(COC1OC(CO)C(OC2OC(CO)C(OC3OC(CO)C(O)C(O)C3O)C(O)C2O)C(O)C1O)C(O)CCCCCCCCCCCCCCCC. The fraction of sp³-hybridized carbons (Fsp3) is 0.773. The van der Waals surface area contributed by atoms with E-state index < -0.39 is 124 Å². The summed E-state index contributed by atoms with van der Waals surface area (Å²) in [6, 6.07) is -0.895. The van der Waals surface area contributed by atoms with Gasteiger partial charge in [0.05, 0.1) is 38.6 Å². The zero-order valence-corrected chi connectivity index (χ0v) is 57.4. The van der Waals surface area contributed by atoms with Crippen LogP contribution < -0.4 is 5.32 Å². The molecule has 0 radical (unpaired) electrons. The fourth-order valence-electron chi connectivity index (χ4n) is 11.8. The Labute approximate surface area is 564 Å². The molecule has 3 saturated heterocycles. The number of rotatable bonds is 55. The summed E-state index contributed by atoms with van der Waals surface area (Å²) in [7, 11) is 0. The second-order valence-electron chi connectivity index (χ2n) is 25.7. The van der Waals surface area contributed by atoms with Gasteiger partial charge in [0, 0.05) is 6.42 Å². The second kappa shape index (κ2) is 55.6. The minimum atomic E-state index is -1.98. The van der Waals surface area contributed by atoms with Gasteiger partial charge in [-0.2, -0.15) is 0 Å². The van der Waals surface area contributed by atoms with Crippen LogP contribution in [-0.2, 0) is 33.2 Å². The molecule has 3 aliphatic heterocycles. The molecule has 0 aliphatic carbocycles. The number of unbranched alkanes of at least 4 members (excludes halogenated alkanes) is 23. The number of hydrogen-bond donors (Lipinski definition) is 12. The molecule has 0 spiro atoms. The molecule has 94 heavy (non-hydrogen) atoms. The number of aliphatic hydroxyl groups excluding tert-OH is 11. The molecule has 0 saturated carbocycles. The molecule has 1 amide bonds. The molecule has 0 bridgehead atoms. The van der Waals surface area contributed by atoms with E-state index in [2.05, 4.69) is 116 Å². The fourth-order valence-corrected chi connectivity index (χ4v) is 11.8. The quantitative estimate of drug-likeness (QED) is 0.0199. The summed E-state index contributed by atoms with van der Waals surface area (Å²) in [5.74, 6) is -0.251. The van der Waals surface area contributed by atoms with E-state index in [4.69, 9.17) is 28.4 Å². The number of carbonyl (C=O) groups is 1. The van der Waals surface area contributed by atoms with E-state index in [0.29, 0.717) is 12.8 Å². The van der Waals surface area contributed by atoms with Gasteiger partial charge in [-0.05, 0) is 77.0 Å². The van der Waals surface area contributed by atoms with Crippen LogP contribution in [0.15, 0.2) is 97.2 Å². The van der Waals surface area contributed by atoms with Gasteiger partial charge in [-0.1, -0.05) is 252 Å². The zero-order chi connectivity index (χ0) is 68.2. The predicted octanol–water partition coefficient (Wildman–Crippen LogP) is 10.4. The Bertz CT molecular complexity index is 2080. The highest BCUT2D eigenvalue weighted by Gasteiger charge is 2.53. The van der Waals surface area contributed by atoms with Gasteiger partial charge in [0.2, 0.25) is 5.91 Å². The predicted molar refractivity (Wildman–Crippen MR) is 369 cm³/mol. The van der Waals surface area contributed by atoms with E-state index in [9.17, 15) is 61.0 Å². The third-order valence-electron chi connectivity index (χ3n) is 17.7. The highest BCUT2D eigenvalue weighted by Crippen LogP contribution is 2.33. The summed E-state index contributed by atoms with van der Waals surface area (Å²) < 4.78 is 34.4. The lowest BCUT2D eigenvalue weighted by atomic mass is 9.96. The molecule has 0 aromatic carbocycles. The second-order valence-corrected chi connectivity index (χ2v) is 25.7. The van der Waals surface area contributed by atoms with Crippen LogP contribution in [0.3, 0.4) is 0 Å². The molecule has 3 heterocycles. The third-order valence-corrected chi connectivity index (χ3v) is 17.7. The highest BCUT2D eigenvalue weighted by atomic mass is 16.8. The van der Waals surface area contributed by atoms with Gasteiger partial charge in [0.25, 0.3) is 0 Å². The maximum absolute atomic E-state index is 13.4. The first-order valence-electron chi connectivity index (χ1n) is 36.5. The van der Waals surface area contributed by atoms with Gasteiger partial charge in [0.15, 0.2) is 18.9 Å². The maximum Gasteiger partial charge on any atom is 0.220 e. The van der Waals surface area contributed by atoms with Gasteiger partial charge in [0.1, 0.15) is 73.2 Å². The van der Waals surface area contributed by atoms with Crippen molar-refractivity contribution in [2.75, 3.05) is 26.4 Å². The van der Waals surface area contributed by atoms with Crippen molar-refractivity contribution in [3.05, 3.63) is 97.2 Å². The first-order valence-corrected chi connectivity index (χ1v) is 36.5. The van der Waals surface area contributed by atoms with Crippen LogP contribution in [0.25, 0.3) is 0 Å². The van der Waals surface area contributed by atoms with Crippen LogP contribution in [0.4, 0.5) is 0 Å². The molecule has 19 nitrogen and oxygen atoms in total. The van der Waals surface area contributed by atoms with E-state index >= 15 is 0 Å². The normalized spacial score (nSPS) is 27.9. The van der Waals surface area contributed by atoms with Crippen LogP contribution in [0.1, 0.15) is 239 Å². The third kappa shape index (κ3) is 36.5. The Morgan fingerprint density at radius 3 is 1.15 bits per heavy atom. The standard InChI is InChI=1S/C75H129NO18/c1-3-5-7-9-11-13-15-17-19-20-21-22-23-24-25-26-27-28-29-30-31-32-33-34-35-36-37-38-39-41-43-45-47-49-51-53-63(81)76-58(59(80)52-50-48-46-44-42-40-18-16-14-12-10-8-6-4-2)57-89-73-69(87)66(84)71(61(55-78)91-73)94-75-70(88)67(85)72(62(56-79)92-75)93-74-68(86)65(83)64(82)60(54-77)90-74/h5,7,11,13,17,19,21-22,24-25,27-28,30-31,33-34,58-62,64-75,77-80,82-88H,3-4,6,8-10,12,14-16,18,20,23,26,29,32,35-57H2,1-2H3,(H,76,81)/b7-5-,13-11-,19-17-,22-21-,25-24-,28-27-,31-30-,34-33-. The lowest BCUT2D eigenvalue weighted by Gasteiger charge is -2.48. The summed E-state index contributed by atoms with van der Waals surface area (Å²) >= 11 is 0. The van der Waals surface area contributed by atoms with Crippen LogP contribution in [0.2, 0.25) is 0 Å². The molecule has 19 heteroatoms. The number of aliphatic hydroxyl groups is 11. The average Bonchev–Trinajstić information content (AvgIpc) is 0.792. The Morgan fingerprint density at radius 1 is 0.394 bits per heavy atom. The number of hydrogen-bond acceptors (Lipinski definition) is 18. The topological polar surface area (TPSA) is 307 Å². The Morgan fingerprint density at radius 2 is 0.734 bits per heavy atom. The number of carbonyl (C=O) groups excluding carboxylic acids is 1. The molecule has 17 unspecified atom stereocenters. The van der Waals surface area contributed by atoms with Crippen molar-refractivity contribution in [3.63, 3.8) is 0 Å². The molecule has 0 aromatic rings. The number of ether oxygens (including phenoxy) is 6. The van der Waals surface area contributed by atoms with E-state index in [1.165, 1.54) is 96.3 Å². The lowest BCUT2D eigenvalue weighted by molar-refractivity contribution is -0.379.